The Hall–Kier alpha value is -0.840. The molecule has 0 amide bonds. The molecule has 3 rings (SSSR count). The van der Waals surface area contributed by atoms with E-state index in [-0.39, 0.29) is 0 Å². The van der Waals surface area contributed by atoms with E-state index in [1.165, 1.54) is 38.5 Å². The summed E-state index contributed by atoms with van der Waals surface area (Å²) in [6.45, 7) is 4.59. The molecule has 0 radical (unpaired) electrons. The maximum absolute atomic E-state index is 4.72. The molecule has 5 heteroatoms. The molecule has 1 aromatic rings. The van der Waals surface area contributed by atoms with Gasteiger partial charge >= 0.3 is 0 Å². The van der Waals surface area contributed by atoms with E-state index in [0.717, 1.165) is 37.3 Å². The minimum absolute atomic E-state index is 0.968. The van der Waals surface area contributed by atoms with Crippen molar-refractivity contribution in [2.45, 2.75) is 38.5 Å². The highest BCUT2D eigenvalue weighted by molar-refractivity contribution is 7.09. The Balaban J connectivity index is 1.68. The van der Waals surface area contributed by atoms with Crippen molar-refractivity contribution >= 4 is 22.6 Å². The molecular weight excluding hydrogens is 232 g/mol. The van der Waals surface area contributed by atoms with Gasteiger partial charge in [0.05, 0.1) is 0 Å². The summed E-state index contributed by atoms with van der Waals surface area (Å²) in [5.41, 5.74) is 0. The number of aromatic nitrogens is 2. The zero-order valence-corrected chi connectivity index (χ0v) is 11.1. The van der Waals surface area contributed by atoms with E-state index < -0.39 is 0 Å². The molecule has 2 aliphatic rings. The van der Waals surface area contributed by atoms with Crippen LogP contribution in [0.25, 0.3) is 0 Å². The van der Waals surface area contributed by atoms with Crippen molar-refractivity contribution in [3.8, 4) is 0 Å². The van der Waals surface area contributed by atoms with Crippen LogP contribution in [0, 0.1) is 0 Å². The summed E-state index contributed by atoms with van der Waals surface area (Å²) in [4.78, 5) is 9.46. The quantitative estimate of drug-likeness (QED) is 0.809. The van der Waals surface area contributed by atoms with Gasteiger partial charge in [-0.2, -0.15) is 9.36 Å². The van der Waals surface area contributed by atoms with Crippen LogP contribution < -0.4 is 9.80 Å². The summed E-state index contributed by atoms with van der Waals surface area (Å²) in [5.74, 6) is 0.968. The summed E-state index contributed by atoms with van der Waals surface area (Å²) >= 11 is 1.57. The van der Waals surface area contributed by atoms with Crippen molar-refractivity contribution in [2.24, 2.45) is 0 Å². The molecule has 0 saturated carbocycles. The average molecular weight is 252 g/mol. The van der Waals surface area contributed by atoms with E-state index >= 15 is 0 Å². The maximum atomic E-state index is 4.72. The standard InChI is InChI=1S/C12H20N4S/c1-3-7-15(8-4-1)11-13-12(17-14-11)16-9-5-2-6-10-16/h1-10H2. The van der Waals surface area contributed by atoms with Crippen molar-refractivity contribution in [1.82, 2.24) is 9.36 Å². The van der Waals surface area contributed by atoms with E-state index in [1.807, 2.05) is 0 Å². The highest BCUT2D eigenvalue weighted by Crippen LogP contribution is 2.26. The van der Waals surface area contributed by atoms with E-state index in [2.05, 4.69) is 14.2 Å². The van der Waals surface area contributed by atoms with Crippen LogP contribution in [-0.4, -0.2) is 35.5 Å². The highest BCUT2D eigenvalue weighted by Gasteiger charge is 2.19. The molecule has 2 saturated heterocycles. The van der Waals surface area contributed by atoms with E-state index in [0.29, 0.717) is 0 Å². The van der Waals surface area contributed by atoms with E-state index in [1.54, 1.807) is 11.5 Å². The Bertz CT molecular complexity index is 321. The Morgan fingerprint density at radius 3 is 2.00 bits per heavy atom. The predicted molar refractivity (Wildman–Crippen MR) is 72.0 cm³/mol. The summed E-state index contributed by atoms with van der Waals surface area (Å²) in [6, 6.07) is 0. The van der Waals surface area contributed by atoms with Gasteiger partial charge in [0.2, 0.25) is 11.1 Å². The predicted octanol–water partition coefficient (Wildman–Crippen LogP) is 2.52. The smallest absolute Gasteiger partial charge is 0.239 e. The Labute approximate surface area is 107 Å². The Morgan fingerprint density at radius 1 is 0.765 bits per heavy atom. The van der Waals surface area contributed by atoms with Crippen molar-refractivity contribution < 1.29 is 0 Å². The fraction of sp³-hybridized carbons (Fsp3) is 0.833. The molecule has 0 atom stereocenters. The second-order valence-electron chi connectivity index (χ2n) is 4.97. The van der Waals surface area contributed by atoms with E-state index in [9.17, 15) is 0 Å². The summed E-state index contributed by atoms with van der Waals surface area (Å²) in [5, 5.41) is 1.13. The van der Waals surface area contributed by atoms with Crippen LogP contribution in [0.1, 0.15) is 38.5 Å². The van der Waals surface area contributed by atoms with Crippen LogP contribution in [0.4, 0.5) is 11.1 Å². The van der Waals surface area contributed by atoms with Gasteiger partial charge < -0.3 is 9.80 Å². The minimum atomic E-state index is 0.968. The zero-order valence-electron chi connectivity index (χ0n) is 10.3. The molecule has 0 bridgehead atoms. The molecule has 2 fully saturated rings. The molecular formula is C12H20N4S. The first-order valence-corrected chi connectivity index (χ1v) is 7.54. The lowest BCUT2D eigenvalue weighted by Gasteiger charge is -2.26. The third-order valence-electron chi connectivity index (χ3n) is 3.67. The summed E-state index contributed by atoms with van der Waals surface area (Å²) in [7, 11) is 0. The molecule has 0 N–H and O–H groups in total. The third-order valence-corrected chi connectivity index (χ3v) is 4.44. The van der Waals surface area contributed by atoms with Crippen molar-refractivity contribution in [1.29, 1.82) is 0 Å². The maximum Gasteiger partial charge on any atom is 0.239 e. The largest absolute Gasteiger partial charge is 0.347 e. The fourth-order valence-corrected chi connectivity index (χ4v) is 3.38. The first-order valence-electron chi connectivity index (χ1n) is 6.77. The van der Waals surface area contributed by atoms with Gasteiger partial charge in [0.1, 0.15) is 0 Å². The molecule has 0 spiro atoms. The van der Waals surface area contributed by atoms with Gasteiger partial charge in [-0.25, -0.2) is 0 Å². The second kappa shape index (κ2) is 5.21. The molecule has 17 heavy (non-hydrogen) atoms. The van der Waals surface area contributed by atoms with Gasteiger partial charge in [-0.3, -0.25) is 0 Å². The SMILES string of the molecule is C1CCN(c2nsc(N3CCCCC3)n2)CC1. The fourth-order valence-electron chi connectivity index (χ4n) is 2.64. The highest BCUT2D eigenvalue weighted by atomic mass is 32.1. The van der Waals surface area contributed by atoms with Crippen LogP contribution in [0.15, 0.2) is 0 Å². The number of nitrogens with zero attached hydrogens (tertiary/aromatic N) is 4. The molecule has 0 aromatic carbocycles. The van der Waals surface area contributed by atoms with Gasteiger partial charge in [-0.05, 0) is 38.5 Å². The number of anilines is 2. The normalized spacial score (nSPS) is 21.9. The van der Waals surface area contributed by atoms with Crippen molar-refractivity contribution in [3.63, 3.8) is 0 Å². The van der Waals surface area contributed by atoms with Gasteiger partial charge in [0.25, 0.3) is 0 Å². The molecule has 94 valence electrons. The topological polar surface area (TPSA) is 32.3 Å². The van der Waals surface area contributed by atoms with E-state index in [4.69, 9.17) is 4.98 Å². The molecule has 0 unspecified atom stereocenters. The number of rotatable bonds is 2. The monoisotopic (exact) mass is 252 g/mol. The third kappa shape index (κ3) is 2.54. The first-order chi connectivity index (χ1) is 8.43. The lowest BCUT2D eigenvalue weighted by molar-refractivity contribution is 0.566. The number of hydrogen-bond donors (Lipinski definition) is 0. The van der Waals surface area contributed by atoms with Crippen molar-refractivity contribution in [2.75, 3.05) is 36.0 Å². The van der Waals surface area contributed by atoms with Gasteiger partial charge in [0, 0.05) is 37.7 Å². The van der Waals surface area contributed by atoms with Gasteiger partial charge in [-0.15, -0.1) is 0 Å². The molecule has 1 aromatic heterocycles. The van der Waals surface area contributed by atoms with Crippen LogP contribution in [0.3, 0.4) is 0 Å². The molecule has 0 aliphatic carbocycles. The lowest BCUT2D eigenvalue weighted by atomic mass is 10.1. The summed E-state index contributed by atoms with van der Waals surface area (Å²) in [6.07, 6.45) is 7.92. The second-order valence-corrected chi connectivity index (χ2v) is 5.70. The number of piperidine rings is 2. The Kier molecular flexibility index (Phi) is 3.45. The lowest BCUT2D eigenvalue weighted by Crippen LogP contribution is -2.31. The van der Waals surface area contributed by atoms with Crippen LogP contribution in [0.2, 0.25) is 0 Å². The van der Waals surface area contributed by atoms with Gasteiger partial charge in [0.15, 0.2) is 0 Å². The molecule has 4 nitrogen and oxygen atoms in total. The van der Waals surface area contributed by atoms with Crippen molar-refractivity contribution in [3.05, 3.63) is 0 Å². The zero-order chi connectivity index (χ0) is 11.5. The van der Waals surface area contributed by atoms with Crippen LogP contribution in [0.5, 0.6) is 0 Å². The molecule has 2 aliphatic heterocycles. The Morgan fingerprint density at radius 2 is 1.35 bits per heavy atom. The average Bonchev–Trinajstić information content (AvgIpc) is 2.90. The first kappa shape index (κ1) is 11.3. The minimum Gasteiger partial charge on any atom is -0.347 e. The summed E-state index contributed by atoms with van der Waals surface area (Å²) < 4.78 is 4.53. The number of hydrogen-bond acceptors (Lipinski definition) is 5. The molecule has 3 heterocycles. The van der Waals surface area contributed by atoms with Crippen LogP contribution in [-0.2, 0) is 0 Å². The van der Waals surface area contributed by atoms with Gasteiger partial charge in [-0.1, -0.05) is 0 Å². The van der Waals surface area contributed by atoms with Crippen LogP contribution >= 0.6 is 11.5 Å².